The first-order valence-corrected chi connectivity index (χ1v) is 9.16. The molecule has 152 valence electrons. The highest BCUT2D eigenvalue weighted by atomic mass is 16.5. The number of aryl methyl sites for hydroxylation is 1. The van der Waals surface area contributed by atoms with Gasteiger partial charge in [0, 0.05) is 25.2 Å². The van der Waals surface area contributed by atoms with Gasteiger partial charge >= 0.3 is 5.97 Å². The molecule has 9 heteroatoms. The fourth-order valence-corrected chi connectivity index (χ4v) is 2.60. The molecule has 3 rings (SSSR count). The molecule has 2 aromatic heterocycles. The zero-order valence-corrected chi connectivity index (χ0v) is 16.0. The van der Waals surface area contributed by atoms with E-state index in [0.717, 1.165) is 11.1 Å². The number of nitrogens with zero attached hydrogens (tertiary/aromatic N) is 3. The summed E-state index contributed by atoms with van der Waals surface area (Å²) < 4.78 is 12.4. The highest BCUT2D eigenvalue weighted by Crippen LogP contribution is 2.13. The molecule has 2 N–H and O–H groups in total. The average molecular weight is 398 g/mol. The van der Waals surface area contributed by atoms with Gasteiger partial charge in [-0.1, -0.05) is 17.3 Å². The Hall–Kier alpha value is -3.62. The molecule has 1 amide bonds. The Morgan fingerprint density at radius 1 is 1.28 bits per heavy atom. The lowest BCUT2D eigenvalue weighted by Crippen LogP contribution is -2.23. The zero-order chi connectivity index (χ0) is 20.6. The first-order valence-electron chi connectivity index (χ1n) is 9.16. The van der Waals surface area contributed by atoms with Crippen LogP contribution in [0.3, 0.4) is 0 Å². The van der Waals surface area contributed by atoms with Gasteiger partial charge in [-0.05, 0) is 36.6 Å². The Morgan fingerprint density at radius 3 is 2.76 bits per heavy atom. The Morgan fingerprint density at radius 2 is 2.07 bits per heavy atom. The fourth-order valence-electron chi connectivity index (χ4n) is 2.60. The number of amides is 1. The van der Waals surface area contributed by atoms with Gasteiger partial charge in [-0.3, -0.25) is 14.3 Å². The molecule has 9 nitrogen and oxygen atoms in total. The van der Waals surface area contributed by atoms with Crippen molar-refractivity contribution in [3.63, 3.8) is 0 Å². The third kappa shape index (κ3) is 6.20. The number of aliphatic carboxylic acids is 1. The van der Waals surface area contributed by atoms with Crippen molar-refractivity contribution in [2.75, 3.05) is 6.61 Å². The number of nitrogens with one attached hydrogen (secondary N) is 1. The summed E-state index contributed by atoms with van der Waals surface area (Å²) in [5.41, 5.74) is 2.15. The van der Waals surface area contributed by atoms with Crippen LogP contribution in [0.4, 0.5) is 0 Å². The Labute approximate surface area is 167 Å². The van der Waals surface area contributed by atoms with Crippen molar-refractivity contribution in [1.29, 1.82) is 0 Å². The maximum Gasteiger partial charge on any atom is 0.303 e. The third-order valence-electron chi connectivity index (χ3n) is 4.05. The molecule has 2 heterocycles. The Bertz CT molecular complexity index is 961. The molecule has 0 unspecified atom stereocenters. The number of benzene rings is 1. The molecule has 0 aliphatic rings. The first-order chi connectivity index (χ1) is 14.0. The topological polar surface area (TPSA) is 119 Å². The molecule has 0 fully saturated rings. The van der Waals surface area contributed by atoms with Gasteiger partial charge in [0.15, 0.2) is 11.5 Å². The van der Waals surface area contributed by atoms with Gasteiger partial charge < -0.3 is 19.7 Å². The summed E-state index contributed by atoms with van der Waals surface area (Å²) in [6, 6.07) is 8.83. The molecule has 0 saturated heterocycles. The molecule has 29 heavy (non-hydrogen) atoms. The summed E-state index contributed by atoms with van der Waals surface area (Å²) in [5.74, 6) is 0.0316. The van der Waals surface area contributed by atoms with E-state index in [1.54, 1.807) is 29.1 Å². The van der Waals surface area contributed by atoms with Crippen LogP contribution in [0.25, 0.3) is 0 Å². The lowest BCUT2D eigenvalue weighted by molar-refractivity contribution is -0.137. The molecule has 1 aromatic carbocycles. The monoisotopic (exact) mass is 398 g/mol. The van der Waals surface area contributed by atoms with Gasteiger partial charge in [0.25, 0.3) is 5.91 Å². The standard InChI is InChI=1S/C20H22N4O5/c1-14-10-22-24(12-14)13-17-9-18(23-29-17)20(27)21-11-15-4-6-16(7-5-15)28-8-2-3-19(25)26/h4-7,9-10,12H,2-3,8,11,13H2,1H3,(H,21,27)(H,25,26). The van der Waals surface area contributed by atoms with Crippen LogP contribution < -0.4 is 10.1 Å². The second-order valence-corrected chi connectivity index (χ2v) is 6.57. The molecule has 3 aromatic rings. The van der Waals surface area contributed by atoms with Crippen LogP contribution in [0.5, 0.6) is 5.75 Å². The quantitative estimate of drug-likeness (QED) is 0.503. The fraction of sp³-hybridized carbons (Fsp3) is 0.300. The van der Waals surface area contributed by atoms with E-state index in [1.165, 1.54) is 0 Å². The molecule has 0 aliphatic heterocycles. The van der Waals surface area contributed by atoms with Crippen LogP contribution in [-0.4, -0.2) is 38.5 Å². The molecule has 0 spiro atoms. The number of rotatable bonds is 10. The summed E-state index contributed by atoms with van der Waals surface area (Å²) in [6.07, 6.45) is 4.15. The van der Waals surface area contributed by atoms with E-state index >= 15 is 0 Å². The number of carbonyl (C=O) groups is 2. The summed E-state index contributed by atoms with van der Waals surface area (Å²) in [7, 11) is 0. The van der Waals surface area contributed by atoms with Crippen LogP contribution >= 0.6 is 0 Å². The minimum atomic E-state index is -0.838. The van der Waals surface area contributed by atoms with E-state index in [4.69, 9.17) is 14.4 Å². The lowest BCUT2D eigenvalue weighted by atomic mass is 10.2. The summed E-state index contributed by atoms with van der Waals surface area (Å²) in [5, 5.41) is 19.4. The average Bonchev–Trinajstić information content (AvgIpc) is 3.33. The van der Waals surface area contributed by atoms with E-state index in [0.29, 0.717) is 37.6 Å². The SMILES string of the molecule is Cc1cnn(Cc2cc(C(=O)NCc3ccc(OCCCC(=O)O)cc3)no2)c1. The lowest BCUT2D eigenvalue weighted by Gasteiger charge is -2.07. The Kier molecular flexibility index (Phi) is 6.62. The largest absolute Gasteiger partial charge is 0.494 e. The van der Waals surface area contributed by atoms with Crippen molar-refractivity contribution < 1.29 is 24.0 Å². The molecule has 0 saturated carbocycles. The predicted molar refractivity (Wildman–Crippen MR) is 103 cm³/mol. The van der Waals surface area contributed by atoms with Gasteiger partial charge in [0.05, 0.1) is 12.8 Å². The van der Waals surface area contributed by atoms with Gasteiger partial charge in [-0.2, -0.15) is 5.10 Å². The zero-order valence-electron chi connectivity index (χ0n) is 16.0. The number of carboxylic acid groups (broad SMARTS) is 1. The van der Waals surface area contributed by atoms with Gasteiger partial charge in [-0.15, -0.1) is 0 Å². The molecule has 0 aliphatic carbocycles. The van der Waals surface area contributed by atoms with Crippen LogP contribution in [0.2, 0.25) is 0 Å². The van der Waals surface area contributed by atoms with Crippen molar-refractivity contribution >= 4 is 11.9 Å². The normalized spacial score (nSPS) is 10.7. The van der Waals surface area contributed by atoms with Crippen molar-refractivity contribution in [2.24, 2.45) is 0 Å². The van der Waals surface area contributed by atoms with Gasteiger partial charge in [-0.25, -0.2) is 0 Å². The smallest absolute Gasteiger partial charge is 0.303 e. The number of aromatic nitrogens is 3. The minimum Gasteiger partial charge on any atom is -0.494 e. The molecule has 0 bridgehead atoms. The summed E-state index contributed by atoms with van der Waals surface area (Å²) >= 11 is 0. The van der Waals surface area contributed by atoms with Crippen LogP contribution in [-0.2, 0) is 17.9 Å². The maximum atomic E-state index is 12.3. The van der Waals surface area contributed by atoms with Crippen molar-refractivity contribution in [1.82, 2.24) is 20.3 Å². The van der Waals surface area contributed by atoms with Crippen molar-refractivity contribution in [3.05, 3.63) is 65.3 Å². The van der Waals surface area contributed by atoms with E-state index in [-0.39, 0.29) is 18.0 Å². The number of hydrogen-bond donors (Lipinski definition) is 2. The predicted octanol–water partition coefficient (Wildman–Crippen LogP) is 2.40. The maximum absolute atomic E-state index is 12.3. The number of carbonyl (C=O) groups excluding carboxylic acids is 1. The number of hydrogen-bond acceptors (Lipinski definition) is 6. The van der Waals surface area contributed by atoms with E-state index in [2.05, 4.69) is 15.6 Å². The van der Waals surface area contributed by atoms with Crippen molar-refractivity contribution in [3.8, 4) is 5.75 Å². The molecule has 0 atom stereocenters. The van der Waals surface area contributed by atoms with Crippen LogP contribution in [0.1, 0.15) is 40.2 Å². The minimum absolute atomic E-state index is 0.0788. The second-order valence-electron chi connectivity index (χ2n) is 6.57. The van der Waals surface area contributed by atoms with Crippen LogP contribution in [0.15, 0.2) is 47.2 Å². The molecule has 0 radical (unpaired) electrons. The molecular weight excluding hydrogens is 376 g/mol. The summed E-state index contributed by atoms with van der Waals surface area (Å²) in [6.45, 7) is 3.02. The Balaban J connectivity index is 1.45. The van der Waals surface area contributed by atoms with Gasteiger partial charge in [0.2, 0.25) is 0 Å². The van der Waals surface area contributed by atoms with Crippen molar-refractivity contribution in [2.45, 2.75) is 32.9 Å². The third-order valence-corrected chi connectivity index (χ3v) is 4.05. The van der Waals surface area contributed by atoms with E-state index in [9.17, 15) is 9.59 Å². The molecular formula is C20H22N4O5. The highest BCUT2D eigenvalue weighted by molar-refractivity contribution is 5.92. The van der Waals surface area contributed by atoms with E-state index in [1.807, 2.05) is 25.3 Å². The van der Waals surface area contributed by atoms with Gasteiger partial charge in [0.1, 0.15) is 12.3 Å². The first kappa shape index (κ1) is 20.1. The number of carboxylic acids is 1. The number of ether oxygens (including phenoxy) is 1. The van der Waals surface area contributed by atoms with E-state index < -0.39 is 5.97 Å². The van der Waals surface area contributed by atoms with Crippen LogP contribution in [0, 0.1) is 6.92 Å². The second kappa shape index (κ2) is 9.54. The summed E-state index contributed by atoms with van der Waals surface area (Å²) in [4.78, 5) is 22.7. The highest BCUT2D eigenvalue weighted by Gasteiger charge is 2.13.